The van der Waals surface area contributed by atoms with E-state index in [2.05, 4.69) is 6.58 Å². The van der Waals surface area contributed by atoms with Gasteiger partial charge in [-0.1, -0.05) is 109 Å². The highest BCUT2D eigenvalue weighted by Crippen LogP contribution is 2.37. The predicted molar refractivity (Wildman–Crippen MR) is 216 cm³/mol. The zero-order valence-electron chi connectivity index (χ0n) is 32.0. The minimum atomic E-state index is -0.493. The van der Waals surface area contributed by atoms with Crippen LogP contribution in [0.25, 0.3) is 22.3 Å². The molecule has 0 unspecified atom stereocenters. The number of hydrogen-bond acceptors (Lipinski definition) is 8. The smallest absolute Gasteiger partial charge is 0.331 e. The van der Waals surface area contributed by atoms with E-state index >= 15 is 0 Å². The van der Waals surface area contributed by atoms with Gasteiger partial charge in [-0.25, -0.2) is 9.59 Å². The summed E-state index contributed by atoms with van der Waals surface area (Å²) < 4.78 is 32.9. The molecule has 0 amide bonds. The van der Waals surface area contributed by atoms with Gasteiger partial charge in [-0.2, -0.15) is 0 Å². The van der Waals surface area contributed by atoms with Crippen molar-refractivity contribution in [1.29, 1.82) is 0 Å². The van der Waals surface area contributed by atoms with Gasteiger partial charge in [0, 0.05) is 23.3 Å². The lowest BCUT2D eigenvalue weighted by Gasteiger charge is -2.06. The van der Waals surface area contributed by atoms with Gasteiger partial charge in [-0.3, -0.25) is 0 Å². The molecule has 0 fully saturated rings. The van der Waals surface area contributed by atoms with Gasteiger partial charge in [0.25, 0.3) is 0 Å². The van der Waals surface area contributed by atoms with Crippen molar-refractivity contribution in [3.05, 3.63) is 180 Å². The third-order valence-electron chi connectivity index (χ3n) is 7.78. The highest BCUT2D eigenvalue weighted by Gasteiger charge is 2.14. The van der Waals surface area contributed by atoms with Gasteiger partial charge >= 0.3 is 11.9 Å². The van der Waals surface area contributed by atoms with Crippen molar-refractivity contribution in [1.82, 2.24) is 0 Å². The summed E-state index contributed by atoms with van der Waals surface area (Å²) in [6.07, 6.45) is 19.0. The van der Waals surface area contributed by atoms with Gasteiger partial charge in [0.2, 0.25) is 6.79 Å². The average Bonchev–Trinajstić information content (AvgIpc) is 3.33. The van der Waals surface area contributed by atoms with Crippen LogP contribution < -0.4 is 9.47 Å². The van der Waals surface area contributed by atoms with Gasteiger partial charge in [0.05, 0.1) is 28.4 Å². The lowest BCUT2D eigenvalue weighted by Crippen LogP contribution is -2.03. The molecule has 2 aromatic carbocycles. The number of carbonyl (C=O) groups is 2. The van der Waals surface area contributed by atoms with Crippen LogP contribution in [-0.2, 0) is 28.5 Å². The van der Waals surface area contributed by atoms with E-state index in [-0.39, 0.29) is 6.79 Å². The molecule has 0 N–H and O–H groups in total. The Morgan fingerprint density at radius 1 is 0.630 bits per heavy atom. The molecule has 0 saturated heterocycles. The Labute approximate surface area is 319 Å². The Bertz CT molecular complexity index is 2020. The second-order valence-corrected chi connectivity index (χ2v) is 11.6. The Balaban J connectivity index is 2.31. The molecule has 54 heavy (non-hydrogen) atoms. The Hall–Kier alpha value is -6.54. The molecule has 1 heterocycles. The number of fused-ring (bicyclic) bond motifs is 3. The van der Waals surface area contributed by atoms with Gasteiger partial charge in [0.15, 0.2) is 0 Å². The van der Waals surface area contributed by atoms with Crippen molar-refractivity contribution < 1.29 is 38.0 Å². The molecule has 2 aromatic rings. The lowest BCUT2D eigenvalue weighted by atomic mass is 10.0. The fraction of sp³-hybridized carbons (Fsp3) is 0.174. The number of methoxy groups -OCH3 is 4. The first-order valence-electron chi connectivity index (χ1n) is 17.1. The van der Waals surface area contributed by atoms with E-state index in [9.17, 15) is 9.59 Å². The first kappa shape index (κ1) is 41.9. The van der Waals surface area contributed by atoms with Crippen LogP contribution in [0, 0.1) is 13.8 Å². The molecule has 0 aromatic heterocycles. The van der Waals surface area contributed by atoms with Crippen LogP contribution in [0.1, 0.15) is 29.2 Å². The first-order chi connectivity index (χ1) is 26.1. The number of aryl methyl sites for hydroxylation is 2. The second kappa shape index (κ2) is 22.4. The molecule has 0 radical (unpaired) electrons. The van der Waals surface area contributed by atoms with Crippen LogP contribution in [0.2, 0.25) is 0 Å². The van der Waals surface area contributed by atoms with Gasteiger partial charge in [-0.15, -0.1) is 0 Å². The molecule has 0 bridgehead atoms. The van der Waals surface area contributed by atoms with E-state index in [1.807, 2.05) is 124 Å². The summed E-state index contributed by atoms with van der Waals surface area (Å²) in [5.74, 6) is 1.47. The quantitative estimate of drug-likeness (QED) is 0.0924. The van der Waals surface area contributed by atoms with Crippen LogP contribution in [0.3, 0.4) is 0 Å². The molecule has 0 saturated carbocycles. The largest absolute Gasteiger partial charge is 0.497 e. The molecule has 0 spiro atoms. The molecule has 0 atom stereocenters. The SMILES string of the molecule is C=C\C(=C/C=C/C(=C/C(=O)OC)c1cccc2c(ccc(C)c1)OCOc1ccc(C)cc(C(=C\C(=O)OC)/C=C/C=C(\C=C/C)OC)cccc1-2)OC. The normalized spacial score (nSPS) is 13.0. The van der Waals surface area contributed by atoms with E-state index in [4.69, 9.17) is 28.4 Å². The summed E-state index contributed by atoms with van der Waals surface area (Å²) in [5, 5.41) is 0. The van der Waals surface area contributed by atoms with Gasteiger partial charge < -0.3 is 28.4 Å². The third-order valence-corrected chi connectivity index (χ3v) is 7.78. The zero-order valence-corrected chi connectivity index (χ0v) is 32.0. The molecule has 280 valence electrons. The summed E-state index contributed by atoms with van der Waals surface area (Å²) >= 11 is 0. The monoisotopic (exact) mass is 728 g/mol. The van der Waals surface area contributed by atoms with E-state index in [0.717, 1.165) is 33.4 Å². The first-order valence-corrected chi connectivity index (χ1v) is 17.1. The van der Waals surface area contributed by atoms with Crippen molar-refractivity contribution in [3.8, 4) is 22.6 Å². The molecule has 0 aliphatic carbocycles. The average molecular weight is 729 g/mol. The zero-order chi connectivity index (χ0) is 39.3. The number of allylic oxidation sites excluding steroid dienone is 11. The Morgan fingerprint density at radius 2 is 1.09 bits per heavy atom. The van der Waals surface area contributed by atoms with Crippen molar-refractivity contribution >= 4 is 23.1 Å². The predicted octanol–water partition coefficient (Wildman–Crippen LogP) is 10.00. The summed E-state index contributed by atoms with van der Waals surface area (Å²) in [4.78, 5) is 24.9. The van der Waals surface area contributed by atoms with Gasteiger partial charge in [0.1, 0.15) is 23.0 Å². The van der Waals surface area contributed by atoms with Crippen LogP contribution in [-0.4, -0.2) is 47.2 Å². The molecular weight excluding hydrogens is 680 g/mol. The van der Waals surface area contributed by atoms with Crippen LogP contribution in [0.15, 0.2) is 158 Å². The van der Waals surface area contributed by atoms with Crippen molar-refractivity contribution in [3.63, 3.8) is 0 Å². The molecule has 1 aliphatic rings. The maximum Gasteiger partial charge on any atom is 0.331 e. The molecule has 8 nitrogen and oxygen atoms in total. The topological polar surface area (TPSA) is 89.5 Å². The number of ether oxygens (including phenoxy) is 6. The summed E-state index contributed by atoms with van der Waals surface area (Å²) in [6.45, 7) is 9.58. The lowest BCUT2D eigenvalue weighted by molar-refractivity contribution is -0.135. The number of carbonyl (C=O) groups excluding carboxylic acids is 2. The highest BCUT2D eigenvalue weighted by atomic mass is 16.7. The maximum absolute atomic E-state index is 12.5. The summed E-state index contributed by atoms with van der Waals surface area (Å²) in [6, 6.07) is 23.1. The van der Waals surface area contributed by atoms with E-state index in [1.54, 1.807) is 38.5 Å². The van der Waals surface area contributed by atoms with Crippen LogP contribution in [0.4, 0.5) is 0 Å². The number of esters is 2. The standard InChI is InChI=1S/C46H48O8/c1-9-15-40(50-6)21-12-17-38(31-46(48)52-8)36-19-14-23-42-41-22-13-18-35(37(30-45(47)51-7)16-11-20-39(10-2)49-5)28-33(3)24-26-43(41)53-32-54-44(42)27-25-34(4)29-36/h9-31H,2,32H2,1,3-8H3/b15-9-,16-11+,17-12+,18-13?,19-14?,22-13?,23-14?,26-24?,27-25?,33-24?,33-28?,34-25?,34-29?,35-18?,35-28?,36-19?,36-29?,37-30-,38-31-,39-20+,40-21+,41-22?,42-23?,43-26?,44-27?. The molecular formula is C46H48O8. The van der Waals surface area contributed by atoms with E-state index in [1.165, 1.54) is 26.4 Å². The number of rotatable bonds is 12. The van der Waals surface area contributed by atoms with Crippen molar-refractivity contribution in [2.24, 2.45) is 0 Å². The van der Waals surface area contributed by atoms with Crippen LogP contribution >= 0.6 is 0 Å². The van der Waals surface area contributed by atoms with Crippen LogP contribution in [0.5, 0.6) is 11.5 Å². The highest BCUT2D eigenvalue weighted by molar-refractivity contribution is 5.95. The summed E-state index contributed by atoms with van der Waals surface area (Å²) in [7, 11) is 5.84. The van der Waals surface area contributed by atoms with Gasteiger partial charge in [-0.05, 0) is 79.5 Å². The van der Waals surface area contributed by atoms with E-state index in [0.29, 0.717) is 34.2 Å². The fourth-order valence-electron chi connectivity index (χ4n) is 5.05. The second-order valence-electron chi connectivity index (χ2n) is 11.6. The molecule has 8 heteroatoms. The van der Waals surface area contributed by atoms with Crippen molar-refractivity contribution in [2.45, 2.75) is 20.8 Å². The fourth-order valence-corrected chi connectivity index (χ4v) is 5.05. The van der Waals surface area contributed by atoms with Crippen molar-refractivity contribution in [2.75, 3.05) is 35.2 Å². The molecule has 3 rings (SSSR count). The maximum atomic E-state index is 12.5. The minimum absolute atomic E-state index is 0.00123. The molecule has 1 aliphatic heterocycles. The van der Waals surface area contributed by atoms with E-state index < -0.39 is 11.9 Å². The Morgan fingerprint density at radius 3 is 1.50 bits per heavy atom. The summed E-state index contributed by atoms with van der Waals surface area (Å²) in [5.41, 5.74) is 6.12. The minimum Gasteiger partial charge on any atom is -0.497 e. The number of hydrogen-bond donors (Lipinski definition) is 0. The Kier molecular flexibility index (Phi) is 17.4. The third kappa shape index (κ3) is 13.2.